The summed E-state index contributed by atoms with van der Waals surface area (Å²) in [6.07, 6.45) is 3.17. The Morgan fingerprint density at radius 2 is 2.06 bits per heavy atom. The molecule has 2 aromatic rings. The second kappa shape index (κ2) is 10.9. The number of nitrogens with zero attached hydrogens (tertiary/aromatic N) is 2. The van der Waals surface area contributed by atoms with Gasteiger partial charge in [0.05, 0.1) is 30.7 Å². The molecular formula is C25H35N5O4S. The standard InChI is InChI=1S/C25H35N5O4S/c1-13(2)11-27-25-28-15(4)21(35-25)23(32)29-18-8-16(9-18)7-14(3)34-24-19(22(26)31)10-17-12-33-6-5-20(17)30-24/h10,13-14,16,18H,5-9,11-12H2,1-4H3,(H2,26,31)(H,27,28)(H,29,32)/t14-,16?,18?/m0/s1. The summed E-state index contributed by atoms with van der Waals surface area (Å²) in [5.74, 6) is 0.635. The first-order chi connectivity index (χ1) is 16.7. The summed E-state index contributed by atoms with van der Waals surface area (Å²) in [5.41, 5.74) is 8.41. The number of anilines is 1. The Labute approximate surface area is 210 Å². The van der Waals surface area contributed by atoms with Gasteiger partial charge in [-0.05, 0) is 51.0 Å². The normalized spacial score (nSPS) is 20.0. The number of aryl methyl sites for hydroxylation is 1. The van der Waals surface area contributed by atoms with Crippen LogP contribution in [0.3, 0.4) is 0 Å². The van der Waals surface area contributed by atoms with Crippen molar-refractivity contribution in [2.75, 3.05) is 18.5 Å². The van der Waals surface area contributed by atoms with Crippen molar-refractivity contribution >= 4 is 28.3 Å². The summed E-state index contributed by atoms with van der Waals surface area (Å²) >= 11 is 1.41. The van der Waals surface area contributed by atoms with Gasteiger partial charge in [0.15, 0.2) is 5.13 Å². The fraction of sp³-hybridized carbons (Fsp3) is 0.600. The number of fused-ring (bicyclic) bond motifs is 1. The second-order valence-corrected chi connectivity index (χ2v) is 11.0. The van der Waals surface area contributed by atoms with Crippen LogP contribution in [0.1, 0.15) is 77.0 Å². The van der Waals surface area contributed by atoms with E-state index in [1.807, 2.05) is 13.8 Å². The van der Waals surface area contributed by atoms with Crippen LogP contribution in [-0.4, -0.2) is 47.1 Å². The van der Waals surface area contributed by atoms with Crippen molar-refractivity contribution in [1.82, 2.24) is 15.3 Å². The minimum atomic E-state index is -0.555. The van der Waals surface area contributed by atoms with Gasteiger partial charge in [0, 0.05) is 24.6 Å². The Morgan fingerprint density at radius 3 is 2.77 bits per heavy atom. The van der Waals surface area contributed by atoms with Gasteiger partial charge in [-0.15, -0.1) is 0 Å². The van der Waals surface area contributed by atoms with Crippen molar-refractivity contribution in [3.63, 3.8) is 0 Å². The molecule has 1 aliphatic carbocycles. The van der Waals surface area contributed by atoms with Crippen LogP contribution in [0.25, 0.3) is 0 Å². The summed E-state index contributed by atoms with van der Waals surface area (Å²) in [7, 11) is 0. The average molecular weight is 502 g/mol. The maximum absolute atomic E-state index is 12.8. The van der Waals surface area contributed by atoms with Crippen molar-refractivity contribution in [3.8, 4) is 5.88 Å². The molecule has 190 valence electrons. The molecule has 0 bridgehead atoms. The summed E-state index contributed by atoms with van der Waals surface area (Å²) < 4.78 is 11.5. The molecule has 3 heterocycles. The van der Waals surface area contributed by atoms with E-state index in [1.54, 1.807) is 6.07 Å². The Hall–Kier alpha value is -2.72. The number of carbonyl (C=O) groups excluding carboxylic acids is 2. The number of ether oxygens (including phenoxy) is 2. The van der Waals surface area contributed by atoms with Gasteiger partial charge in [0.2, 0.25) is 5.88 Å². The maximum atomic E-state index is 12.8. The predicted molar refractivity (Wildman–Crippen MR) is 135 cm³/mol. The molecule has 0 saturated heterocycles. The summed E-state index contributed by atoms with van der Waals surface area (Å²) in [5, 5.41) is 7.22. The van der Waals surface area contributed by atoms with Crippen LogP contribution in [0.15, 0.2) is 6.07 Å². The lowest BCUT2D eigenvalue weighted by Crippen LogP contribution is -2.45. The van der Waals surface area contributed by atoms with Gasteiger partial charge >= 0.3 is 0 Å². The third kappa shape index (κ3) is 6.29. The number of aromatic nitrogens is 2. The third-order valence-corrected chi connectivity index (χ3v) is 7.49. The average Bonchev–Trinajstić information content (AvgIpc) is 3.16. The molecule has 1 atom stereocenters. The van der Waals surface area contributed by atoms with E-state index in [0.29, 0.717) is 47.8 Å². The molecule has 9 nitrogen and oxygen atoms in total. The molecule has 0 radical (unpaired) electrons. The Balaban J connectivity index is 1.27. The second-order valence-electron chi connectivity index (χ2n) is 9.99. The van der Waals surface area contributed by atoms with Crippen LogP contribution in [-0.2, 0) is 17.8 Å². The molecule has 0 spiro atoms. The van der Waals surface area contributed by atoms with Crippen molar-refractivity contribution in [3.05, 3.63) is 33.5 Å². The number of carbonyl (C=O) groups is 2. The first-order valence-electron chi connectivity index (χ1n) is 12.3. The van der Waals surface area contributed by atoms with Crippen LogP contribution >= 0.6 is 11.3 Å². The Bertz CT molecular complexity index is 1080. The molecular weight excluding hydrogens is 466 g/mol. The molecule has 2 aliphatic rings. The third-order valence-electron chi connectivity index (χ3n) is 6.38. The Kier molecular flexibility index (Phi) is 7.91. The van der Waals surface area contributed by atoms with E-state index in [9.17, 15) is 9.59 Å². The summed E-state index contributed by atoms with van der Waals surface area (Å²) in [6, 6.07) is 1.89. The number of thiazole rings is 1. The van der Waals surface area contributed by atoms with Gasteiger partial charge in [-0.1, -0.05) is 25.2 Å². The van der Waals surface area contributed by atoms with Gasteiger partial charge < -0.3 is 25.8 Å². The molecule has 2 amide bonds. The van der Waals surface area contributed by atoms with Gasteiger partial charge in [0.25, 0.3) is 11.8 Å². The van der Waals surface area contributed by atoms with E-state index in [2.05, 4.69) is 34.4 Å². The highest BCUT2D eigenvalue weighted by atomic mass is 32.1. The quantitative estimate of drug-likeness (QED) is 0.455. The zero-order valence-corrected chi connectivity index (χ0v) is 21.7. The molecule has 1 saturated carbocycles. The van der Waals surface area contributed by atoms with Gasteiger partial charge in [-0.2, -0.15) is 0 Å². The monoisotopic (exact) mass is 501 g/mol. The van der Waals surface area contributed by atoms with Crippen molar-refractivity contribution in [2.45, 2.75) is 72.1 Å². The number of nitrogens with one attached hydrogen (secondary N) is 2. The fourth-order valence-electron chi connectivity index (χ4n) is 4.51. The fourth-order valence-corrected chi connectivity index (χ4v) is 5.39. The molecule has 1 fully saturated rings. The number of rotatable bonds is 10. The lowest BCUT2D eigenvalue weighted by molar-refractivity contribution is 0.0848. The lowest BCUT2D eigenvalue weighted by Gasteiger charge is -2.37. The largest absolute Gasteiger partial charge is 0.474 e. The van der Waals surface area contributed by atoms with Crippen LogP contribution in [0.4, 0.5) is 5.13 Å². The summed E-state index contributed by atoms with van der Waals surface area (Å²) in [6.45, 7) is 9.99. The number of amides is 2. The highest BCUT2D eigenvalue weighted by molar-refractivity contribution is 7.17. The molecule has 10 heteroatoms. The molecule has 0 aromatic carbocycles. The molecule has 4 N–H and O–H groups in total. The zero-order valence-electron chi connectivity index (χ0n) is 20.8. The first kappa shape index (κ1) is 25.4. The SMILES string of the molecule is Cc1nc(NCC(C)C)sc1C(=O)NC1CC(C[C@H](C)Oc2nc3c(cc2C(N)=O)COCC3)C1. The zero-order chi connectivity index (χ0) is 25.1. The minimum Gasteiger partial charge on any atom is -0.474 e. The van der Waals surface area contributed by atoms with E-state index in [1.165, 1.54) is 11.3 Å². The van der Waals surface area contributed by atoms with Crippen LogP contribution in [0, 0.1) is 18.8 Å². The van der Waals surface area contributed by atoms with Gasteiger partial charge in [-0.25, -0.2) is 9.97 Å². The Morgan fingerprint density at radius 1 is 1.29 bits per heavy atom. The molecule has 0 unspecified atom stereocenters. The highest BCUT2D eigenvalue weighted by Gasteiger charge is 2.33. The van der Waals surface area contributed by atoms with E-state index in [0.717, 1.165) is 47.9 Å². The summed E-state index contributed by atoms with van der Waals surface area (Å²) in [4.78, 5) is 34.4. The molecule has 35 heavy (non-hydrogen) atoms. The van der Waals surface area contributed by atoms with Crippen molar-refractivity contribution < 1.29 is 19.1 Å². The molecule has 1 aliphatic heterocycles. The van der Waals surface area contributed by atoms with Crippen LogP contribution in [0.5, 0.6) is 5.88 Å². The predicted octanol–water partition coefficient (Wildman–Crippen LogP) is 3.45. The first-order valence-corrected chi connectivity index (χ1v) is 13.1. The number of nitrogens with two attached hydrogens (primary N) is 1. The molecule has 2 aromatic heterocycles. The molecule has 4 rings (SSSR count). The van der Waals surface area contributed by atoms with Crippen molar-refractivity contribution in [2.24, 2.45) is 17.6 Å². The van der Waals surface area contributed by atoms with E-state index >= 15 is 0 Å². The number of hydrogen-bond donors (Lipinski definition) is 3. The number of pyridine rings is 1. The smallest absolute Gasteiger partial charge is 0.263 e. The highest BCUT2D eigenvalue weighted by Crippen LogP contribution is 2.34. The maximum Gasteiger partial charge on any atom is 0.263 e. The topological polar surface area (TPSA) is 128 Å². The van der Waals surface area contributed by atoms with E-state index in [4.69, 9.17) is 15.2 Å². The van der Waals surface area contributed by atoms with Crippen LogP contribution < -0.4 is 21.1 Å². The van der Waals surface area contributed by atoms with E-state index in [-0.39, 0.29) is 18.1 Å². The minimum absolute atomic E-state index is 0.0568. The number of primary amides is 1. The van der Waals surface area contributed by atoms with Crippen molar-refractivity contribution in [1.29, 1.82) is 0 Å². The number of hydrogen-bond acceptors (Lipinski definition) is 8. The lowest BCUT2D eigenvalue weighted by atomic mass is 9.77. The van der Waals surface area contributed by atoms with Gasteiger partial charge in [0.1, 0.15) is 10.4 Å². The van der Waals surface area contributed by atoms with Crippen LogP contribution in [0.2, 0.25) is 0 Å². The van der Waals surface area contributed by atoms with Gasteiger partial charge in [-0.3, -0.25) is 9.59 Å². The van der Waals surface area contributed by atoms with E-state index < -0.39 is 5.91 Å².